The zero-order chi connectivity index (χ0) is 14.6. The van der Waals surface area contributed by atoms with Gasteiger partial charge >= 0.3 is 5.97 Å². The van der Waals surface area contributed by atoms with Gasteiger partial charge in [0.2, 0.25) is 0 Å². The molecule has 1 aromatic carbocycles. The van der Waals surface area contributed by atoms with Crippen molar-refractivity contribution in [1.82, 2.24) is 9.88 Å². The molecule has 0 spiro atoms. The molecular formula is C16H17BrN2O2. The molecular weight excluding hydrogens is 332 g/mol. The molecule has 1 N–H and O–H groups in total. The van der Waals surface area contributed by atoms with Gasteiger partial charge in [-0.3, -0.25) is 9.69 Å². The van der Waals surface area contributed by atoms with Crippen LogP contribution in [0.5, 0.6) is 0 Å². The third kappa shape index (κ3) is 2.10. The highest BCUT2D eigenvalue weighted by Gasteiger charge is 2.38. The number of carbonyl (C=O) groups is 1. The number of esters is 1. The Morgan fingerprint density at radius 2 is 2.29 bits per heavy atom. The van der Waals surface area contributed by atoms with Crippen LogP contribution in [0.25, 0.3) is 10.9 Å². The Hall–Kier alpha value is -1.33. The van der Waals surface area contributed by atoms with Gasteiger partial charge in [0.05, 0.1) is 5.52 Å². The maximum absolute atomic E-state index is 12.0. The van der Waals surface area contributed by atoms with E-state index < -0.39 is 0 Å². The van der Waals surface area contributed by atoms with Crippen molar-refractivity contribution in [2.75, 3.05) is 6.54 Å². The summed E-state index contributed by atoms with van der Waals surface area (Å²) in [6.45, 7) is 3.69. The highest BCUT2D eigenvalue weighted by atomic mass is 79.9. The van der Waals surface area contributed by atoms with Crippen LogP contribution in [0.4, 0.5) is 0 Å². The summed E-state index contributed by atoms with van der Waals surface area (Å²) in [6, 6.07) is 6.18. The SMILES string of the molecule is CC1CC(N2CCc3[nH]c4c(Br)cccc4c3C2)C(=O)O1. The fourth-order valence-electron chi connectivity index (χ4n) is 3.52. The van der Waals surface area contributed by atoms with Gasteiger partial charge < -0.3 is 9.72 Å². The first kappa shape index (κ1) is 13.3. The van der Waals surface area contributed by atoms with Gasteiger partial charge in [0, 0.05) is 41.5 Å². The molecule has 0 amide bonds. The number of para-hydroxylation sites is 1. The number of aromatic amines is 1. The molecule has 2 unspecified atom stereocenters. The van der Waals surface area contributed by atoms with Gasteiger partial charge in [0.1, 0.15) is 12.1 Å². The van der Waals surface area contributed by atoms with Gasteiger partial charge in [-0.1, -0.05) is 12.1 Å². The number of hydrogen-bond acceptors (Lipinski definition) is 3. The summed E-state index contributed by atoms with van der Waals surface area (Å²) >= 11 is 3.60. The first-order valence-corrected chi connectivity index (χ1v) is 8.15. The summed E-state index contributed by atoms with van der Waals surface area (Å²) in [5, 5.41) is 1.25. The van der Waals surface area contributed by atoms with E-state index in [2.05, 4.69) is 44.0 Å². The van der Waals surface area contributed by atoms with Gasteiger partial charge in [-0.25, -0.2) is 0 Å². The summed E-state index contributed by atoms with van der Waals surface area (Å²) < 4.78 is 6.40. The summed E-state index contributed by atoms with van der Waals surface area (Å²) in [5.74, 6) is -0.0630. The van der Waals surface area contributed by atoms with Crippen molar-refractivity contribution in [3.8, 4) is 0 Å². The van der Waals surface area contributed by atoms with E-state index in [-0.39, 0.29) is 18.1 Å². The molecule has 2 aliphatic rings. The van der Waals surface area contributed by atoms with Gasteiger partial charge in [-0.2, -0.15) is 0 Å². The summed E-state index contributed by atoms with van der Waals surface area (Å²) in [7, 11) is 0. The van der Waals surface area contributed by atoms with Crippen molar-refractivity contribution in [2.24, 2.45) is 0 Å². The smallest absolute Gasteiger partial charge is 0.323 e. The molecule has 2 aromatic rings. The van der Waals surface area contributed by atoms with Crippen LogP contribution in [-0.4, -0.2) is 34.5 Å². The quantitative estimate of drug-likeness (QED) is 0.805. The standard InChI is InChI=1S/C16H17BrN2O2/c1-9-7-14(16(20)21-9)19-6-5-13-11(8-19)10-3-2-4-12(17)15(10)18-13/h2-4,9,14,18H,5-8H2,1H3. The second kappa shape index (κ2) is 4.85. The molecule has 3 heterocycles. The Kier molecular flexibility index (Phi) is 3.08. The van der Waals surface area contributed by atoms with Crippen LogP contribution in [0.1, 0.15) is 24.6 Å². The van der Waals surface area contributed by atoms with Crippen molar-refractivity contribution in [1.29, 1.82) is 0 Å². The summed E-state index contributed by atoms with van der Waals surface area (Å²) in [4.78, 5) is 17.8. The van der Waals surface area contributed by atoms with Crippen molar-refractivity contribution < 1.29 is 9.53 Å². The normalized spacial score (nSPS) is 26.1. The Labute approximate surface area is 131 Å². The number of carbonyl (C=O) groups excluding carboxylic acids is 1. The van der Waals surface area contributed by atoms with Crippen LogP contribution < -0.4 is 0 Å². The molecule has 0 saturated carbocycles. The van der Waals surface area contributed by atoms with Crippen molar-refractivity contribution in [3.63, 3.8) is 0 Å². The second-order valence-corrected chi connectivity index (χ2v) is 6.82. The Balaban J connectivity index is 1.70. The number of H-pyrrole nitrogens is 1. The summed E-state index contributed by atoms with van der Waals surface area (Å²) in [6.07, 6.45) is 1.80. The molecule has 0 radical (unpaired) electrons. The van der Waals surface area contributed by atoms with Gasteiger partial charge in [0.25, 0.3) is 0 Å². The van der Waals surface area contributed by atoms with E-state index in [0.29, 0.717) is 0 Å². The lowest BCUT2D eigenvalue weighted by molar-refractivity contribution is -0.145. The lowest BCUT2D eigenvalue weighted by atomic mass is 10.0. The van der Waals surface area contributed by atoms with E-state index in [1.807, 2.05) is 6.92 Å². The zero-order valence-corrected chi connectivity index (χ0v) is 13.4. The minimum Gasteiger partial charge on any atom is -0.461 e. The molecule has 1 aromatic heterocycles. The predicted octanol–water partition coefficient (Wildman–Crippen LogP) is 2.99. The van der Waals surface area contributed by atoms with Crippen LogP contribution in [0.15, 0.2) is 22.7 Å². The number of benzene rings is 1. The fraction of sp³-hybridized carbons (Fsp3) is 0.438. The Morgan fingerprint density at radius 1 is 1.43 bits per heavy atom. The van der Waals surface area contributed by atoms with Gasteiger partial charge in [-0.05, 0) is 34.5 Å². The average Bonchev–Trinajstić information content (AvgIpc) is 2.99. The lowest BCUT2D eigenvalue weighted by Crippen LogP contribution is -2.41. The van der Waals surface area contributed by atoms with Crippen LogP contribution in [-0.2, 0) is 22.5 Å². The van der Waals surface area contributed by atoms with Crippen molar-refractivity contribution >= 4 is 32.8 Å². The van der Waals surface area contributed by atoms with Crippen molar-refractivity contribution in [3.05, 3.63) is 33.9 Å². The van der Waals surface area contributed by atoms with E-state index >= 15 is 0 Å². The molecule has 4 nitrogen and oxygen atoms in total. The Bertz CT molecular complexity index is 724. The van der Waals surface area contributed by atoms with E-state index in [9.17, 15) is 4.79 Å². The van der Waals surface area contributed by atoms with Crippen LogP contribution in [0, 0.1) is 0 Å². The number of halogens is 1. The van der Waals surface area contributed by atoms with E-state index in [4.69, 9.17) is 4.74 Å². The number of hydrogen-bond donors (Lipinski definition) is 1. The van der Waals surface area contributed by atoms with Crippen molar-refractivity contribution in [2.45, 2.75) is 38.5 Å². The van der Waals surface area contributed by atoms with Crippen LogP contribution >= 0.6 is 15.9 Å². The average molecular weight is 349 g/mol. The molecule has 110 valence electrons. The number of ether oxygens (including phenoxy) is 1. The number of nitrogens with one attached hydrogen (secondary N) is 1. The number of cyclic esters (lactones) is 1. The second-order valence-electron chi connectivity index (χ2n) is 5.96. The minimum atomic E-state index is -0.0785. The molecule has 2 atom stereocenters. The lowest BCUT2D eigenvalue weighted by Gasteiger charge is -2.30. The fourth-order valence-corrected chi connectivity index (χ4v) is 3.99. The minimum absolute atomic E-state index is 0.0426. The third-order valence-corrected chi connectivity index (χ3v) is 5.24. The maximum atomic E-state index is 12.0. The number of fused-ring (bicyclic) bond motifs is 3. The zero-order valence-electron chi connectivity index (χ0n) is 11.9. The predicted molar refractivity (Wildman–Crippen MR) is 84.1 cm³/mol. The molecule has 1 saturated heterocycles. The summed E-state index contributed by atoms with van der Waals surface area (Å²) in [5.41, 5.74) is 3.78. The molecule has 4 rings (SSSR count). The van der Waals surface area contributed by atoms with Crippen LogP contribution in [0.2, 0.25) is 0 Å². The van der Waals surface area contributed by atoms with E-state index in [1.54, 1.807) is 0 Å². The molecule has 21 heavy (non-hydrogen) atoms. The van der Waals surface area contributed by atoms with E-state index in [1.165, 1.54) is 16.6 Å². The van der Waals surface area contributed by atoms with Gasteiger partial charge in [-0.15, -0.1) is 0 Å². The Morgan fingerprint density at radius 3 is 3.05 bits per heavy atom. The largest absolute Gasteiger partial charge is 0.461 e. The van der Waals surface area contributed by atoms with E-state index in [0.717, 1.165) is 35.9 Å². The first-order valence-electron chi connectivity index (χ1n) is 7.36. The number of aromatic nitrogens is 1. The molecule has 0 bridgehead atoms. The number of rotatable bonds is 1. The molecule has 1 fully saturated rings. The first-order chi connectivity index (χ1) is 10.1. The maximum Gasteiger partial charge on any atom is 0.323 e. The topological polar surface area (TPSA) is 45.3 Å². The number of nitrogens with zero attached hydrogens (tertiary/aromatic N) is 1. The molecule has 5 heteroatoms. The third-order valence-electron chi connectivity index (χ3n) is 4.57. The highest BCUT2D eigenvalue weighted by Crippen LogP contribution is 2.33. The monoisotopic (exact) mass is 348 g/mol. The van der Waals surface area contributed by atoms with Crippen LogP contribution in [0.3, 0.4) is 0 Å². The highest BCUT2D eigenvalue weighted by molar-refractivity contribution is 9.10. The molecule has 2 aliphatic heterocycles. The van der Waals surface area contributed by atoms with Gasteiger partial charge in [0.15, 0.2) is 0 Å². The molecule has 0 aliphatic carbocycles.